The summed E-state index contributed by atoms with van der Waals surface area (Å²) >= 11 is 0. The Balaban J connectivity index is 0.00000128. The highest BCUT2D eigenvalue weighted by atomic mass is 35.5. The highest BCUT2D eigenvalue weighted by molar-refractivity contribution is 5.85. The molecule has 6 heteroatoms. The van der Waals surface area contributed by atoms with Crippen molar-refractivity contribution in [3.63, 3.8) is 0 Å². The first-order valence-corrected chi connectivity index (χ1v) is 4.96. The number of H-pyrrole nitrogens is 1. The molecule has 0 aliphatic rings. The Morgan fingerprint density at radius 2 is 2.06 bits per heavy atom. The molecule has 1 aromatic carbocycles. The molecular formula is C11H17Cl2N3O. The number of nitrogens with one attached hydrogen (secondary N) is 1. The van der Waals surface area contributed by atoms with Gasteiger partial charge in [-0.25, -0.2) is 0 Å². The predicted octanol–water partition coefficient (Wildman–Crippen LogP) is 2.35. The van der Waals surface area contributed by atoms with Crippen LogP contribution in [0.3, 0.4) is 0 Å². The summed E-state index contributed by atoms with van der Waals surface area (Å²) in [4.78, 5) is 2.09. The number of hydrogen-bond acceptors (Lipinski definition) is 3. The number of likely N-dealkylation sites (N-methyl/N-ethyl adjacent to an activating group) is 1. The number of aromatic nitrogens is 2. The van der Waals surface area contributed by atoms with Crippen molar-refractivity contribution >= 4 is 35.7 Å². The molecule has 1 heterocycles. The average Bonchev–Trinajstić information content (AvgIpc) is 2.64. The Bertz CT molecular complexity index is 445. The number of rotatable bonds is 4. The standard InChI is InChI=1S/C11H15N3O.2ClH/c1-14(2)5-6-15-10-4-3-9-8-12-13-11(9)7-10;;/h3-4,7-8H,5-6H2,1-2H3,(H,12,13);2*1H. The van der Waals surface area contributed by atoms with Crippen LogP contribution in [0.15, 0.2) is 24.4 Å². The largest absolute Gasteiger partial charge is 0.492 e. The van der Waals surface area contributed by atoms with Crippen molar-refractivity contribution in [3.05, 3.63) is 24.4 Å². The van der Waals surface area contributed by atoms with Crippen LogP contribution in [0.1, 0.15) is 0 Å². The van der Waals surface area contributed by atoms with E-state index in [4.69, 9.17) is 4.74 Å². The fraction of sp³-hybridized carbons (Fsp3) is 0.364. The quantitative estimate of drug-likeness (QED) is 0.933. The number of aromatic amines is 1. The molecule has 0 saturated carbocycles. The third-order valence-corrected chi connectivity index (χ3v) is 2.22. The summed E-state index contributed by atoms with van der Waals surface area (Å²) < 4.78 is 5.60. The number of fused-ring (bicyclic) bond motifs is 1. The van der Waals surface area contributed by atoms with Crippen molar-refractivity contribution in [2.45, 2.75) is 0 Å². The minimum absolute atomic E-state index is 0. The molecule has 1 N–H and O–H groups in total. The average molecular weight is 278 g/mol. The van der Waals surface area contributed by atoms with Gasteiger partial charge in [0.05, 0.1) is 11.7 Å². The number of hydrogen-bond donors (Lipinski definition) is 1. The van der Waals surface area contributed by atoms with E-state index in [2.05, 4.69) is 15.1 Å². The van der Waals surface area contributed by atoms with Crippen molar-refractivity contribution in [1.29, 1.82) is 0 Å². The Morgan fingerprint density at radius 1 is 1.29 bits per heavy atom. The van der Waals surface area contributed by atoms with Gasteiger partial charge in [-0.15, -0.1) is 24.8 Å². The summed E-state index contributed by atoms with van der Waals surface area (Å²) in [5.74, 6) is 0.883. The van der Waals surface area contributed by atoms with E-state index in [1.807, 2.05) is 32.3 Å². The topological polar surface area (TPSA) is 41.1 Å². The second-order valence-corrected chi connectivity index (χ2v) is 3.77. The molecule has 17 heavy (non-hydrogen) atoms. The SMILES string of the molecule is CN(C)CCOc1ccc2cn[nH]c2c1.Cl.Cl. The maximum absolute atomic E-state index is 5.60. The van der Waals surface area contributed by atoms with Gasteiger partial charge in [0.25, 0.3) is 0 Å². The number of ether oxygens (including phenoxy) is 1. The highest BCUT2D eigenvalue weighted by Crippen LogP contribution is 2.18. The second kappa shape index (κ2) is 7.37. The molecular weight excluding hydrogens is 261 g/mol. The van der Waals surface area contributed by atoms with Gasteiger partial charge >= 0.3 is 0 Å². The normalized spacial score (nSPS) is 9.82. The van der Waals surface area contributed by atoms with Gasteiger partial charge in [0.15, 0.2) is 0 Å². The number of halogens is 2. The van der Waals surface area contributed by atoms with Gasteiger partial charge in [0.2, 0.25) is 0 Å². The van der Waals surface area contributed by atoms with Crippen LogP contribution >= 0.6 is 24.8 Å². The Morgan fingerprint density at radius 3 is 2.76 bits per heavy atom. The Hall–Kier alpha value is -0.970. The maximum Gasteiger partial charge on any atom is 0.121 e. The fourth-order valence-electron chi connectivity index (χ4n) is 1.35. The van der Waals surface area contributed by atoms with E-state index in [9.17, 15) is 0 Å². The van der Waals surface area contributed by atoms with Crippen LogP contribution in [0, 0.1) is 0 Å². The van der Waals surface area contributed by atoms with Crippen LogP contribution in [0.4, 0.5) is 0 Å². The van der Waals surface area contributed by atoms with Crippen LogP contribution in [-0.2, 0) is 0 Å². The van der Waals surface area contributed by atoms with E-state index in [1.54, 1.807) is 6.20 Å². The van der Waals surface area contributed by atoms with Crippen molar-refractivity contribution in [2.24, 2.45) is 0 Å². The lowest BCUT2D eigenvalue weighted by atomic mass is 10.2. The first kappa shape index (κ1) is 16.0. The molecule has 4 nitrogen and oxygen atoms in total. The number of nitrogens with zero attached hydrogens (tertiary/aromatic N) is 2. The molecule has 2 rings (SSSR count). The summed E-state index contributed by atoms with van der Waals surface area (Å²) in [6.45, 7) is 1.62. The summed E-state index contributed by atoms with van der Waals surface area (Å²) in [5.41, 5.74) is 1.01. The van der Waals surface area contributed by atoms with E-state index in [1.165, 1.54) is 0 Å². The van der Waals surface area contributed by atoms with Crippen LogP contribution in [0.25, 0.3) is 10.9 Å². The molecule has 0 aliphatic carbocycles. The zero-order valence-electron chi connectivity index (χ0n) is 9.84. The molecule has 0 spiro atoms. The minimum atomic E-state index is 0. The third-order valence-electron chi connectivity index (χ3n) is 2.22. The second-order valence-electron chi connectivity index (χ2n) is 3.77. The van der Waals surface area contributed by atoms with E-state index < -0.39 is 0 Å². The summed E-state index contributed by atoms with van der Waals surface area (Å²) in [5, 5.41) is 7.99. The zero-order valence-corrected chi connectivity index (χ0v) is 11.5. The molecule has 0 fully saturated rings. The van der Waals surface area contributed by atoms with Gasteiger partial charge in [0, 0.05) is 18.0 Å². The first-order chi connectivity index (χ1) is 7.25. The van der Waals surface area contributed by atoms with E-state index in [0.717, 1.165) is 23.2 Å². The summed E-state index contributed by atoms with van der Waals surface area (Å²) in [6.07, 6.45) is 1.80. The zero-order chi connectivity index (χ0) is 10.7. The summed E-state index contributed by atoms with van der Waals surface area (Å²) in [6, 6.07) is 5.94. The lowest BCUT2D eigenvalue weighted by Gasteiger charge is -2.10. The molecule has 0 unspecified atom stereocenters. The van der Waals surface area contributed by atoms with Crippen molar-refractivity contribution in [2.75, 3.05) is 27.2 Å². The van der Waals surface area contributed by atoms with Gasteiger partial charge in [0.1, 0.15) is 12.4 Å². The molecule has 0 radical (unpaired) electrons. The van der Waals surface area contributed by atoms with Crippen LogP contribution in [0.5, 0.6) is 5.75 Å². The summed E-state index contributed by atoms with van der Waals surface area (Å²) in [7, 11) is 4.06. The fourth-order valence-corrected chi connectivity index (χ4v) is 1.35. The van der Waals surface area contributed by atoms with Crippen molar-refractivity contribution in [3.8, 4) is 5.75 Å². The Kier molecular flexibility index (Phi) is 6.95. The van der Waals surface area contributed by atoms with Gasteiger partial charge in [-0.3, -0.25) is 5.10 Å². The molecule has 2 aromatic rings. The van der Waals surface area contributed by atoms with Crippen LogP contribution in [0.2, 0.25) is 0 Å². The molecule has 0 amide bonds. The highest BCUT2D eigenvalue weighted by Gasteiger charge is 1.98. The van der Waals surface area contributed by atoms with Crippen LogP contribution in [-0.4, -0.2) is 42.3 Å². The van der Waals surface area contributed by atoms with Gasteiger partial charge in [-0.2, -0.15) is 5.10 Å². The monoisotopic (exact) mass is 277 g/mol. The maximum atomic E-state index is 5.60. The van der Waals surface area contributed by atoms with E-state index in [-0.39, 0.29) is 24.8 Å². The molecule has 0 bridgehead atoms. The van der Waals surface area contributed by atoms with Gasteiger partial charge in [-0.05, 0) is 26.2 Å². The van der Waals surface area contributed by atoms with E-state index in [0.29, 0.717) is 6.61 Å². The van der Waals surface area contributed by atoms with Gasteiger partial charge in [-0.1, -0.05) is 0 Å². The molecule has 0 atom stereocenters. The molecule has 96 valence electrons. The number of benzene rings is 1. The molecule has 1 aromatic heterocycles. The lowest BCUT2D eigenvalue weighted by Crippen LogP contribution is -2.19. The van der Waals surface area contributed by atoms with E-state index >= 15 is 0 Å². The third kappa shape index (κ3) is 4.42. The first-order valence-electron chi connectivity index (χ1n) is 4.96. The molecule has 0 aliphatic heterocycles. The van der Waals surface area contributed by atoms with Crippen molar-refractivity contribution in [1.82, 2.24) is 15.1 Å². The lowest BCUT2D eigenvalue weighted by molar-refractivity contribution is 0.261. The van der Waals surface area contributed by atoms with Gasteiger partial charge < -0.3 is 9.64 Å². The Labute approximate surface area is 113 Å². The minimum Gasteiger partial charge on any atom is -0.492 e. The smallest absolute Gasteiger partial charge is 0.121 e. The van der Waals surface area contributed by atoms with Crippen molar-refractivity contribution < 1.29 is 4.74 Å². The van der Waals surface area contributed by atoms with Crippen LogP contribution < -0.4 is 4.74 Å². The predicted molar refractivity (Wildman–Crippen MR) is 74.6 cm³/mol. The molecule has 0 saturated heterocycles.